The minimum atomic E-state index is -0.458. The lowest BCUT2D eigenvalue weighted by Crippen LogP contribution is -2.32. The molecule has 1 aromatic rings. The third kappa shape index (κ3) is 7.47. The highest BCUT2D eigenvalue weighted by atomic mass is 16.6. The lowest BCUT2D eigenvalue weighted by Gasteiger charge is -2.19. The molecule has 0 heterocycles. The Bertz CT molecular complexity index is 380. The molecule has 19 heavy (non-hydrogen) atoms. The van der Waals surface area contributed by atoms with Crippen molar-refractivity contribution in [3.05, 3.63) is 35.4 Å². The van der Waals surface area contributed by atoms with Crippen LogP contribution in [-0.4, -0.2) is 18.7 Å². The number of carbonyl (C=O) groups is 1. The van der Waals surface area contributed by atoms with Crippen molar-refractivity contribution in [2.75, 3.05) is 7.05 Å². The van der Waals surface area contributed by atoms with Crippen molar-refractivity contribution < 1.29 is 9.53 Å². The predicted molar refractivity (Wildman–Crippen MR) is 79.0 cm³/mol. The number of ether oxygens (including phenoxy) is 1. The van der Waals surface area contributed by atoms with Crippen molar-refractivity contribution in [3.8, 4) is 0 Å². The molecule has 0 unspecified atom stereocenters. The Balaban J connectivity index is 0.00000324. The van der Waals surface area contributed by atoms with Gasteiger partial charge < -0.3 is 15.4 Å². The van der Waals surface area contributed by atoms with E-state index in [0.717, 1.165) is 12.1 Å². The van der Waals surface area contributed by atoms with E-state index < -0.39 is 5.60 Å². The summed E-state index contributed by atoms with van der Waals surface area (Å²) < 4.78 is 5.16. The third-order valence-corrected chi connectivity index (χ3v) is 2.24. The van der Waals surface area contributed by atoms with E-state index in [0.29, 0.717) is 6.54 Å². The van der Waals surface area contributed by atoms with Crippen LogP contribution in [0.1, 0.15) is 39.3 Å². The smallest absolute Gasteiger partial charge is 0.407 e. The third-order valence-electron chi connectivity index (χ3n) is 2.24. The summed E-state index contributed by atoms with van der Waals surface area (Å²) in [6, 6.07) is 8.10. The lowest BCUT2D eigenvalue weighted by atomic mass is 10.1. The summed E-state index contributed by atoms with van der Waals surface area (Å²) in [4.78, 5) is 11.5. The predicted octanol–water partition coefficient (Wildman–Crippen LogP) is 3.07. The van der Waals surface area contributed by atoms with Gasteiger partial charge in [0, 0.05) is 13.1 Å². The van der Waals surface area contributed by atoms with Crippen molar-refractivity contribution in [2.45, 2.75) is 46.9 Å². The van der Waals surface area contributed by atoms with Crippen LogP contribution >= 0.6 is 0 Å². The average molecular weight is 266 g/mol. The number of hydrogen-bond acceptors (Lipinski definition) is 3. The van der Waals surface area contributed by atoms with Gasteiger partial charge in [-0.25, -0.2) is 4.79 Å². The molecule has 4 nitrogen and oxygen atoms in total. The summed E-state index contributed by atoms with van der Waals surface area (Å²) in [5, 5.41) is 5.82. The number of carbonyl (C=O) groups excluding carboxylic acids is 1. The molecule has 0 aliphatic heterocycles. The molecule has 0 spiro atoms. The van der Waals surface area contributed by atoms with Gasteiger partial charge in [0.25, 0.3) is 0 Å². The van der Waals surface area contributed by atoms with E-state index >= 15 is 0 Å². The van der Waals surface area contributed by atoms with E-state index in [2.05, 4.69) is 10.6 Å². The molecule has 2 N–H and O–H groups in total. The van der Waals surface area contributed by atoms with Crippen LogP contribution in [0.3, 0.4) is 0 Å². The Labute approximate surface area is 116 Å². The molecule has 0 bridgehead atoms. The maximum atomic E-state index is 11.5. The van der Waals surface area contributed by atoms with E-state index in [1.54, 1.807) is 0 Å². The number of nitrogens with one attached hydrogen (secondary N) is 2. The first-order valence-electron chi connectivity index (χ1n) is 6.10. The molecule has 108 valence electrons. The number of rotatable bonds is 4. The Morgan fingerprint density at radius 1 is 1.11 bits per heavy atom. The van der Waals surface area contributed by atoms with Crippen LogP contribution in [0, 0.1) is 0 Å². The monoisotopic (exact) mass is 266 g/mol. The summed E-state index contributed by atoms with van der Waals surface area (Å²) in [5.41, 5.74) is 1.82. The first kappa shape index (κ1) is 17.4. The molecule has 1 rings (SSSR count). The standard InChI is InChI=1S/C14H22N2O2.CH4/c1-14(2,3)18-13(17)16-10-12-7-5-11(6-8-12)9-15-4;/h5-8,15H,9-10H2,1-4H3,(H,16,17);1H4. The van der Waals surface area contributed by atoms with Crippen LogP contribution in [0.15, 0.2) is 24.3 Å². The molecule has 4 heteroatoms. The molecule has 1 amide bonds. The maximum Gasteiger partial charge on any atom is 0.407 e. The fourth-order valence-electron chi connectivity index (χ4n) is 1.47. The van der Waals surface area contributed by atoms with Crippen LogP contribution in [0.5, 0.6) is 0 Å². The van der Waals surface area contributed by atoms with Crippen LogP contribution in [0.25, 0.3) is 0 Å². The topological polar surface area (TPSA) is 50.4 Å². The fraction of sp³-hybridized carbons (Fsp3) is 0.533. The fourth-order valence-corrected chi connectivity index (χ4v) is 1.47. The van der Waals surface area contributed by atoms with E-state index in [-0.39, 0.29) is 13.5 Å². The normalized spacial score (nSPS) is 10.5. The maximum absolute atomic E-state index is 11.5. The summed E-state index contributed by atoms with van der Waals surface area (Å²) in [6.07, 6.45) is -0.387. The van der Waals surface area contributed by atoms with Crippen LogP contribution in [0.2, 0.25) is 0 Å². The van der Waals surface area contributed by atoms with Gasteiger partial charge in [-0.3, -0.25) is 0 Å². The second kappa shape index (κ2) is 7.79. The summed E-state index contributed by atoms with van der Waals surface area (Å²) >= 11 is 0. The zero-order valence-electron chi connectivity index (χ0n) is 11.5. The molecule has 0 saturated heterocycles. The molecule has 0 atom stereocenters. The van der Waals surface area contributed by atoms with Crippen molar-refractivity contribution in [1.82, 2.24) is 10.6 Å². The van der Waals surface area contributed by atoms with Crippen molar-refractivity contribution >= 4 is 6.09 Å². The highest BCUT2D eigenvalue weighted by Crippen LogP contribution is 2.07. The lowest BCUT2D eigenvalue weighted by molar-refractivity contribution is 0.0523. The zero-order chi connectivity index (χ0) is 13.6. The Morgan fingerprint density at radius 2 is 1.58 bits per heavy atom. The molecule has 0 fully saturated rings. The molecule has 0 saturated carbocycles. The quantitative estimate of drug-likeness (QED) is 0.880. The highest BCUT2D eigenvalue weighted by molar-refractivity contribution is 5.67. The first-order chi connectivity index (χ1) is 8.40. The number of alkyl carbamates (subject to hydrolysis) is 1. The minimum absolute atomic E-state index is 0. The minimum Gasteiger partial charge on any atom is -0.444 e. The van der Waals surface area contributed by atoms with Gasteiger partial charge in [-0.05, 0) is 38.9 Å². The Morgan fingerprint density at radius 3 is 2.00 bits per heavy atom. The SMILES string of the molecule is C.CNCc1ccc(CNC(=O)OC(C)(C)C)cc1. The van der Waals surface area contributed by atoms with Crippen LogP contribution < -0.4 is 10.6 Å². The van der Waals surface area contributed by atoms with Gasteiger partial charge in [0.05, 0.1) is 0 Å². The second-order valence-electron chi connectivity index (χ2n) is 5.20. The van der Waals surface area contributed by atoms with Gasteiger partial charge in [0.1, 0.15) is 5.60 Å². The zero-order valence-corrected chi connectivity index (χ0v) is 11.5. The van der Waals surface area contributed by atoms with Gasteiger partial charge in [-0.1, -0.05) is 31.7 Å². The van der Waals surface area contributed by atoms with E-state index in [1.165, 1.54) is 5.56 Å². The summed E-state index contributed by atoms with van der Waals surface area (Å²) in [6.45, 7) is 6.87. The second-order valence-corrected chi connectivity index (χ2v) is 5.20. The number of hydrogen-bond donors (Lipinski definition) is 2. The van der Waals surface area contributed by atoms with Crippen LogP contribution in [-0.2, 0) is 17.8 Å². The summed E-state index contributed by atoms with van der Waals surface area (Å²) in [5.74, 6) is 0. The number of benzene rings is 1. The molecular formula is C15H26N2O2. The van der Waals surface area contributed by atoms with Gasteiger partial charge in [0.2, 0.25) is 0 Å². The Kier molecular flexibility index (Phi) is 7.16. The molecule has 0 radical (unpaired) electrons. The molecule has 0 aliphatic carbocycles. The van der Waals surface area contributed by atoms with Gasteiger partial charge in [-0.2, -0.15) is 0 Å². The van der Waals surface area contributed by atoms with E-state index in [4.69, 9.17) is 4.74 Å². The molecule has 0 aliphatic rings. The Hall–Kier alpha value is -1.55. The van der Waals surface area contributed by atoms with Crippen LogP contribution in [0.4, 0.5) is 4.79 Å². The average Bonchev–Trinajstić information content (AvgIpc) is 2.26. The molecule has 0 aromatic heterocycles. The van der Waals surface area contributed by atoms with E-state index in [1.807, 2.05) is 52.1 Å². The van der Waals surface area contributed by atoms with E-state index in [9.17, 15) is 4.79 Å². The van der Waals surface area contributed by atoms with Crippen molar-refractivity contribution in [1.29, 1.82) is 0 Å². The largest absolute Gasteiger partial charge is 0.444 e. The van der Waals surface area contributed by atoms with Crippen molar-refractivity contribution in [2.24, 2.45) is 0 Å². The summed E-state index contributed by atoms with van der Waals surface area (Å²) in [7, 11) is 1.91. The van der Waals surface area contributed by atoms with Gasteiger partial charge >= 0.3 is 6.09 Å². The molecular weight excluding hydrogens is 240 g/mol. The number of amides is 1. The first-order valence-corrected chi connectivity index (χ1v) is 6.10. The van der Waals surface area contributed by atoms with Gasteiger partial charge in [-0.15, -0.1) is 0 Å². The molecule has 1 aromatic carbocycles. The van der Waals surface area contributed by atoms with Crippen molar-refractivity contribution in [3.63, 3.8) is 0 Å². The highest BCUT2D eigenvalue weighted by Gasteiger charge is 2.15. The van der Waals surface area contributed by atoms with Gasteiger partial charge in [0.15, 0.2) is 0 Å².